The van der Waals surface area contributed by atoms with E-state index in [-0.39, 0.29) is 18.3 Å². The molecule has 1 atom stereocenters. The third-order valence-corrected chi connectivity index (χ3v) is 5.42. The van der Waals surface area contributed by atoms with Gasteiger partial charge in [0.15, 0.2) is 0 Å². The second-order valence-corrected chi connectivity index (χ2v) is 7.63. The van der Waals surface area contributed by atoms with Gasteiger partial charge in [0.1, 0.15) is 5.60 Å². The Hall–Kier alpha value is -1.59. The number of hydrogen-bond donors (Lipinski definition) is 1. The number of ether oxygens (including phenoxy) is 1. The van der Waals surface area contributed by atoms with E-state index >= 15 is 0 Å². The Kier molecular flexibility index (Phi) is 4.34. The van der Waals surface area contributed by atoms with E-state index in [0.717, 1.165) is 5.56 Å². The first kappa shape index (κ1) is 17.2. The molecule has 0 saturated carbocycles. The van der Waals surface area contributed by atoms with Crippen LogP contribution in [0.1, 0.15) is 38.7 Å². The highest BCUT2D eigenvalue weighted by Gasteiger charge is 2.48. The molecule has 2 fully saturated rings. The van der Waals surface area contributed by atoms with E-state index in [0.29, 0.717) is 31.0 Å². The number of nitrogens with zero attached hydrogens (tertiary/aromatic N) is 1. The maximum Gasteiger partial charge on any atom is 0.307 e. The zero-order valence-corrected chi connectivity index (χ0v) is 14.7. The lowest BCUT2D eigenvalue weighted by Gasteiger charge is -2.40. The third kappa shape index (κ3) is 3.15. The van der Waals surface area contributed by atoms with Gasteiger partial charge in [-0.05, 0) is 44.4 Å². The monoisotopic (exact) mass is 351 g/mol. The number of benzene rings is 1. The third-order valence-electron chi connectivity index (χ3n) is 5.17. The molecule has 1 aromatic rings. The van der Waals surface area contributed by atoms with Crippen molar-refractivity contribution in [1.82, 2.24) is 4.90 Å². The van der Waals surface area contributed by atoms with Gasteiger partial charge in [-0.15, -0.1) is 0 Å². The molecule has 130 valence electrons. The molecule has 1 amide bonds. The van der Waals surface area contributed by atoms with E-state index in [1.807, 2.05) is 12.1 Å². The number of hydrogen-bond acceptors (Lipinski definition) is 4. The van der Waals surface area contributed by atoms with E-state index < -0.39 is 17.1 Å². The normalized spacial score (nSPS) is 25.4. The first-order chi connectivity index (χ1) is 11.2. The van der Waals surface area contributed by atoms with E-state index in [1.54, 1.807) is 30.9 Å². The van der Waals surface area contributed by atoms with Crippen molar-refractivity contribution in [3.8, 4) is 0 Å². The summed E-state index contributed by atoms with van der Waals surface area (Å²) in [5.41, 5.74) is -0.893. The van der Waals surface area contributed by atoms with Gasteiger partial charge in [0.05, 0.1) is 17.9 Å². The second-order valence-electron chi connectivity index (χ2n) is 7.20. The van der Waals surface area contributed by atoms with Crippen molar-refractivity contribution in [2.24, 2.45) is 5.92 Å². The van der Waals surface area contributed by atoms with Gasteiger partial charge in [-0.1, -0.05) is 23.7 Å². The summed E-state index contributed by atoms with van der Waals surface area (Å²) >= 11 is 5.90. The van der Waals surface area contributed by atoms with Crippen molar-refractivity contribution in [3.05, 3.63) is 34.9 Å². The molecule has 0 spiro atoms. The van der Waals surface area contributed by atoms with Crippen molar-refractivity contribution >= 4 is 23.5 Å². The first-order valence-corrected chi connectivity index (χ1v) is 8.58. The smallest absolute Gasteiger partial charge is 0.307 e. The molecule has 2 aliphatic heterocycles. The van der Waals surface area contributed by atoms with Crippen LogP contribution in [0.3, 0.4) is 0 Å². The van der Waals surface area contributed by atoms with Crippen LogP contribution in [0.2, 0.25) is 5.02 Å². The lowest BCUT2D eigenvalue weighted by Crippen LogP contribution is -2.49. The molecule has 0 radical (unpaired) electrons. The first-order valence-electron chi connectivity index (χ1n) is 8.20. The Balaban J connectivity index is 1.67. The fraction of sp³-hybridized carbons (Fsp3) is 0.556. The van der Waals surface area contributed by atoms with Crippen molar-refractivity contribution in [2.75, 3.05) is 13.1 Å². The standard InChI is InChI=1S/C18H22ClNO4/c1-17(2)14(11-15(21)24-17)16(22)20-9-7-18(23,8-10-20)12-3-5-13(19)6-4-12/h3-6,14,23H,7-11H2,1-2H3/t14-/m1/s1. The predicted octanol–water partition coefficient (Wildman–Crippen LogP) is 2.49. The average Bonchev–Trinajstić information content (AvgIpc) is 2.80. The van der Waals surface area contributed by atoms with Crippen LogP contribution in [0.5, 0.6) is 0 Å². The van der Waals surface area contributed by atoms with Gasteiger partial charge < -0.3 is 14.7 Å². The van der Waals surface area contributed by atoms with E-state index in [9.17, 15) is 14.7 Å². The molecule has 2 saturated heterocycles. The fourth-order valence-electron chi connectivity index (χ4n) is 3.57. The highest BCUT2D eigenvalue weighted by atomic mass is 35.5. The summed E-state index contributed by atoms with van der Waals surface area (Å²) < 4.78 is 5.25. The quantitative estimate of drug-likeness (QED) is 0.831. The number of carbonyl (C=O) groups is 2. The Labute approximate surface area is 146 Å². The van der Waals surface area contributed by atoms with Gasteiger partial charge in [-0.2, -0.15) is 0 Å². The Morgan fingerprint density at radius 2 is 1.83 bits per heavy atom. The molecule has 1 N–H and O–H groups in total. The van der Waals surface area contributed by atoms with Crippen LogP contribution >= 0.6 is 11.6 Å². The number of likely N-dealkylation sites (tertiary alicyclic amines) is 1. The van der Waals surface area contributed by atoms with Gasteiger partial charge in [0, 0.05) is 18.1 Å². The molecular formula is C18H22ClNO4. The fourth-order valence-corrected chi connectivity index (χ4v) is 3.70. The summed E-state index contributed by atoms with van der Waals surface area (Å²) in [6.07, 6.45) is 1.05. The van der Waals surface area contributed by atoms with E-state index in [2.05, 4.69) is 0 Å². The van der Waals surface area contributed by atoms with Crippen molar-refractivity contribution in [2.45, 2.75) is 44.3 Å². The van der Waals surface area contributed by atoms with Crippen molar-refractivity contribution in [1.29, 1.82) is 0 Å². The molecule has 0 aromatic heterocycles. The van der Waals surface area contributed by atoms with Crippen LogP contribution in [0.25, 0.3) is 0 Å². The number of cyclic esters (lactones) is 1. The molecule has 6 heteroatoms. The second kappa shape index (κ2) is 6.05. The van der Waals surface area contributed by atoms with Gasteiger partial charge in [-0.3, -0.25) is 9.59 Å². The van der Waals surface area contributed by atoms with Crippen LogP contribution in [-0.2, 0) is 19.9 Å². The van der Waals surface area contributed by atoms with Crippen LogP contribution in [0, 0.1) is 5.92 Å². The summed E-state index contributed by atoms with van der Waals surface area (Å²) in [5, 5.41) is 11.5. The molecule has 3 rings (SSSR count). The minimum absolute atomic E-state index is 0.0657. The lowest BCUT2D eigenvalue weighted by atomic mass is 9.83. The maximum atomic E-state index is 12.7. The van der Waals surface area contributed by atoms with Crippen LogP contribution in [-0.4, -0.2) is 40.6 Å². The molecule has 5 nitrogen and oxygen atoms in total. The van der Waals surface area contributed by atoms with E-state index in [4.69, 9.17) is 16.3 Å². The highest BCUT2D eigenvalue weighted by molar-refractivity contribution is 6.30. The SMILES string of the molecule is CC1(C)OC(=O)C[C@@H]1C(=O)N1CCC(O)(c2ccc(Cl)cc2)CC1. The van der Waals surface area contributed by atoms with Gasteiger partial charge in [0.2, 0.25) is 5.91 Å². The van der Waals surface area contributed by atoms with Crippen LogP contribution < -0.4 is 0 Å². The zero-order valence-electron chi connectivity index (χ0n) is 13.9. The minimum atomic E-state index is -0.946. The molecule has 0 unspecified atom stereocenters. The Morgan fingerprint density at radius 1 is 1.25 bits per heavy atom. The zero-order chi connectivity index (χ0) is 17.5. The molecule has 2 heterocycles. The van der Waals surface area contributed by atoms with Crippen molar-refractivity contribution < 1.29 is 19.4 Å². The molecule has 1 aromatic carbocycles. The van der Waals surface area contributed by atoms with E-state index in [1.165, 1.54) is 0 Å². The van der Waals surface area contributed by atoms with Gasteiger partial charge in [-0.25, -0.2) is 0 Å². The highest BCUT2D eigenvalue weighted by Crippen LogP contribution is 2.37. The summed E-state index contributed by atoms with van der Waals surface area (Å²) in [4.78, 5) is 26.0. The largest absolute Gasteiger partial charge is 0.459 e. The lowest BCUT2D eigenvalue weighted by molar-refractivity contribution is -0.150. The average molecular weight is 352 g/mol. The summed E-state index contributed by atoms with van der Waals surface area (Å²) in [6, 6.07) is 7.17. The number of halogens is 1. The Morgan fingerprint density at radius 3 is 2.33 bits per heavy atom. The predicted molar refractivity (Wildman–Crippen MR) is 89.4 cm³/mol. The number of rotatable bonds is 2. The summed E-state index contributed by atoms with van der Waals surface area (Å²) in [6.45, 7) is 4.46. The van der Waals surface area contributed by atoms with Crippen molar-refractivity contribution in [3.63, 3.8) is 0 Å². The van der Waals surface area contributed by atoms with Gasteiger partial charge >= 0.3 is 5.97 Å². The van der Waals surface area contributed by atoms with Crippen LogP contribution in [0.15, 0.2) is 24.3 Å². The van der Waals surface area contributed by atoms with Gasteiger partial charge in [0.25, 0.3) is 0 Å². The summed E-state index contributed by atoms with van der Waals surface area (Å²) in [5.74, 6) is -0.844. The Bertz CT molecular complexity index is 647. The number of esters is 1. The van der Waals surface area contributed by atoms with Crippen LogP contribution in [0.4, 0.5) is 0 Å². The topological polar surface area (TPSA) is 66.8 Å². The number of aliphatic hydroxyl groups is 1. The minimum Gasteiger partial charge on any atom is -0.459 e. The molecule has 24 heavy (non-hydrogen) atoms. The molecule has 0 bridgehead atoms. The molecule has 2 aliphatic rings. The number of piperidine rings is 1. The summed E-state index contributed by atoms with van der Waals surface area (Å²) in [7, 11) is 0. The number of carbonyl (C=O) groups excluding carboxylic acids is 2. The molecular weight excluding hydrogens is 330 g/mol. The maximum absolute atomic E-state index is 12.7. The molecule has 0 aliphatic carbocycles. The number of amides is 1.